The van der Waals surface area contributed by atoms with E-state index in [9.17, 15) is 4.79 Å². The Morgan fingerprint density at radius 3 is 2.87 bits per heavy atom. The molecular weight excluding hydrogens is 216 g/mol. The summed E-state index contributed by atoms with van der Waals surface area (Å²) in [7, 11) is 0. The number of nitrogens with one attached hydrogen (secondary N) is 1. The number of para-hydroxylation sites is 1. The molecule has 0 spiro atoms. The zero-order valence-electron chi connectivity index (χ0n) is 7.57. The van der Waals surface area contributed by atoms with Crippen LogP contribution in [-0.4, -0.2) is 16.2 Å². The number of carboxylic acid groups (broad SMARTS) is 1. The number of hydrogen-bond acceptors (Lipinski definition) is 2. The van der Waals surface area contributed by atoms with Crippen LogP contribution in [0.15, 0.2) is 30.3 Å². The lowest BCUT2D eigenvalue weighted by Crippen LogP contribution is -2.08. The molecule has 1 amide bonds. The van der Waals surface area contributed by atoms with Crippen LogP contribution in [0, 0.1) is 0 Å². The van der Waals surface area contributed by atoms with E-state index in [-0.39, 0.29) is 5.15 Å². The highest BCUT2D eigenvalue weighted by molar-refractivity contribution is 6.33. The minimum absolute atomic E-state index is 0.149. The Hall–Kier alpha value is -1.81. The van der Waals surface area contributed by atoms with E-state index in [0.29, 0.717) is 5.69 Å². The van der Waals surface area contributed by atoms with Gasteiger partial charge in [0.2, 0.25) is 0 Å². The van der Waals surface area contributed by atoms with Crippen LogP contribution in [0.3, 0.4) is 0 Å². The molecule has 1 aromatic carbocycles. The van der Waals surface area contributed by atoms with E-state index in [0.717, 1.165) is 10.9 Å². The molecule has 0 fully saturated rings. The lowest BCUT2D eigenvalue weighted by molar-refractivity contribution is 0.209. The van der Waals surface area contributed by atoms with Crippen LogP contribution in [0.25, 0.3) is 10.9 Å². The van der Waals surface area contributed by atoms with Gasteiger partial charge in [-0.15, -0.1) is 0 Å². The van der Waals surface area contributed by atoms with Crippen molar-refractivity contribution in [2.45, 2.75) is 0 Å². The summed E-state index contributed by atoms with van der Waals surface area (Å²) >= 11 is 5.81. The summed E-state index contributed by atoms with van der Waals surface area (Å²) < 4.78 is 0. The van der Waals surface area contributed by atoms with Crippen LogP contribution in [0.2, 0.25) is 5.15 Å². The monoisotopic (exact) mass is 222 g/mol. The maximum Gasteiger partial charge on any atom is 0.409 e. The molecular formula is C10H7ClN2O2. The SMILES string of the molecule is O=C(O)Nc1cc2ccccc2nc1Cl. The molecule has 0 radical (unpaired) electrons. The number of nitrogens with zero attached hydrogens (tertiary/aromatic N) is 1. The average Bonchev–Trinajstić information content (AvgIpc) is 2.18. The van der Waals surface area contributed by atoms with Crippen LogP contribution >= 0.6 is 11.6 Å². The van der Waals surface area contributed by atoms with Gasteiger partial charge in [0, 0.05) is 5.39 Å². The Morgan fingerprint density at radius 2 is 2.13 bits per heavy atom. The summed E-state index contributed by atoms with van der Waals surface area (Å²) in [4.78, 5) is 14.5. The number of rotatable bonds is 1. The van der Waals surface area contributed by atoms with Crippen LogP contribution in [0.4, 0.5) is 10.5 Å². The standard InChI is InChI=1S/C10H7ClN2O2/c11-9-8(13-10(14)15)5-6-3-1-2-4-7(6)12-9/h1-5,13H,(H,14,15). The third-order valence-corrected chi connectivity index (χ3v) is 2.21. The van der Waals surface area contributed by atoms with Crippen molar-refractivity contribution in [1.82, 2.24) is 4.98 Å². The van der Waals surface area contributed by atoms with Crippen LogP contribution < -0.4 is 5.32 Å². The van der Waals surface area contributed by atoms with Gasteiger partial charge >= 0.3 is 6.09 Å². The fourth-order valence-electron chi connectivity index (χ4n) is 1.30. The highest BCUT2D eigenvalue weighted by Crippen LogP contribution is 2.24. The molecule has 0 aliphatic rings. The van der Waals surface area contributed by atoms with Crippen molar-refractivity contribution in [3.8, 4) is 0 Å². The van der Waals surface area contributed by atoms with E-state index >= 15 is 0 Å². The van der Waals surface area contributed by atoms with Gasteiger partial charge in [0.15, 0.2) is 5.15 Å². The number of benzene rings is 1. The molecule has 0 saturated heterocycles. The fraction of sp³-hybridized carbons (Fsp3) is 0. The van der Waals surface area contributed by atoms with E-state index in [2.05, 4.69) is 10.3 Å². The Kier molecular flexibility index (Phi) is 2.43. The molecule has 2 rings (SSSR count). The van der Waals surface area contributed by atoms with E-state index in [1.165, 1.54) is 0 Å². The Labute approximate surface area is 90.5 Å². The first-order valence-corrected chi connectivity index (χ1v) is 4.60. The number of pyridine rings is 1. The Morgan fingerprint density at radius 1 is 1.40 bits per heavy atom. The van der Waals surface area contributed by atoms with Crippen molar-refractivity contribution in [1.29, 1.82) is 0 Å². The summed E-state index contributed by atoms with van der Waals surface area (Å²) in [6, 6.07) is 8.99. The summed E-state index contributed by atoms with van der Waals surface area (Å²) in [5.41, 5.74) is 1.03. The molecule has 2 aromatic rings. The second-order valence-corrected chi connectivity index (χ2v) is 3.31. The minimum atomic E-state index is -1.16. The molecule has 1 heterocycles. The molecule has 0 aliphatic heterocycles. The quantitative estimate of drug-likeness (QED) is 0.729. The third kappa shape index (κ3) is 1.99. The van der Waals surface area contributed by atoms with Gasteiger partial charge < -0.3 is 5.11 Å². The van der Waals surface area contributed by atoms with Crippen LogP contribution in [-0.2, 0) is 0 Å². The molecule has 15 heavy (non-hydrogen) atoms. The molecule has 1 aromatic heterocycles. The molecule has 0 unspecified atom stereocenters. The predicted octanol–water partition coefficient (Wildman–Crippen LogP) is 2.98. The first-order valence-electron chi connectivity index (χ1n) is 4.22. The third-order valence-electron chi connectivity index (χ3n) is 1.92. The van der Waals surface area contributed by atoms with Crippen molar-refractivity contribution in [2.24, 2.45) is 0 Å². The summed E-state index contributed by atoms with van der Waals surface area (Å²) in [5, 5.41) is 11.7. The normalized spacial score (nSPS) is 10.2. The number of halogens is 1. The topological polar surface area (TPSA) is 62.2 Å². The average molecular weight is 223 g/mol. The van der Waals surface area contributed by atoms with Crippen molar-refractivity contribution in [2.75, 3.05) is 5.32 Å². The highest BCUT2D eigenvalue weighted by atomic mass is 35.5. The summed E-state index contributed by atoms with van der Waals surface area (Å²) in [5.74, 6) is 0. The van der Waals surface area contributed by atoms with Crippen molar-refractivity contribution in [3.63, 3.8) is 0 Å². The van der Waals surface area contributed by atoms with Gasteiger partial charge in [-0.1, -0.05) is 29.8 Å². The van der Waals surface area contributed by atoms with Gasteiger partial charge in [-0.25, -0.2) is 9.78 Å². The van der Waals surface area contributed by atoms with Gasteiger partial charge in [0.1, 0.15) is 0 Å². The second-order valence-electron chi connectivity index (χ2n) is 2.95. The first kappa shape index (κ1) is 9.73. The van der Waals surface area contributed by atoms with Gasteiger partial charge in [0.05, 0.1) is 11.2 Å². The Balaban J connectivity index is 2.56. The molecule has 4 nitrogen and oxygen atoms in total. The van der Waals surface area contributed by atoms with Gasteiger partial charge in [0.25, 0.3) is 0 Å². The molecule has 2 N–H and O–H groups in total. The largest absolute Gasteiger partial charge is 0.465 e. The van der Waals surface area contributed by atoms with E-state index in [4.69, 9.17) is 16.7 Å². The number of amides is 1. The van der Waals surface area contributed by atoms with E-state index in [1.807, 2.05) is 24.3 Å². The highest BCUT2D eigenvalue weighted by Gasteiger charge is 2.06. The Bertz CT molecular complexity index is 528. The first-order chi connectivity index (χ1) is 7.16. The van der Waals surface area contributed by atoms with Gasteiger partial charge in [-0.2, -0.15) is 0 Å². The van der Waals surface area contributed by atoms with Gasteiger partial charge in [-0.3, -0.25) is 5.32 Å². The maximum absolute atomic E-state index is 10.5. The summed E-state index contributed by atoms with van der Waals surface area (Å²) in [6.07, 6.45) is -1.16. The number of carbonyl (C=O) groups is 1. The summed E-state index contributed by atoms with van der Waals surface area (Å²) in [6.45, 7) is 0. The predicted molar refractivity (Wildman–Crippen MR) is 58.4 cm³/mol. The van der Waals surface area contributed by atoms with Crippen LogP contribution in [0.1, 0.15) is 0 Å². The minimum Gasteiger partial charge on any atom is -0.465 e. The molecule has 0 atom stereocenters. The number of aromatic nitrogens is 1. The second kappa shape index (κ2) is 3.74. The molecule has 0 saturated carbocycles. The van der Waals surface area contributed by atoms with Gasteiger partial charge in [-0.05, 0) is 12.1 Å². The molecule has 76 valence electrons. The van der Waals surface area contributed by atoms with Crippen LogP contribution in [0.5, 0.6) is 0 Å². The molecule has 5 heteroatoms. The van der Waals surface area contributed by atoms with E-state index in [1.54, 1.807) is 6.07 Å². The zero-order valence-corrected chi connectivity index (χ0v) is 8.32. The van der Waals surface area contributed by atoms with Crippen molar-refractivity contribution in [3.05, 3.63) is 35.5 Å². The fourth-order valence-corrected chi connectivity index (χ4v) is 1.49. The maximum atomic E-state index is 10.5. The number of hydrogen-bond donors (Lipinski definition) is 2. The zero-order chi connectivity index (χ0) is 10.8. The van der Waals surface area contributed by atoms with Crippen molar-refractivity contribution < 1.29 is 9.90 Å². The smallest absolute Gasteiger partial charge is 0.409 e. The van der Waals surface area contributed by atoms with E-state index < -0.39 is 6.09 Å². The molecule has 0 aliphatic carbocycles. The number of fused-ring (bicyclic) bond motifs is 1. The lowest BCUT2D eigenvalue weighted by atomic mass is 10.2. The molecule has 0 bridgehead atoms. The lowest BCUT2D eigenvalue weighted by Gasteiger charge is -2.04. The van der Waals surface area contributed by atoms with Crippen molar-refractivity contribution >= 4 is 34.3 Å². The number of anilines is 1.